The van der Waals surface area contributed by atoms with Crippen LogP contribution < -0.4 is 10.1 Å². The van der Waals surface area contributed by atoms with Gasteiger partial charge in [0.15, 0.2) is 0 Å². The quantitative estimate of drug-likeness (QED) is 0.453. The molecule has 6 rings (SSSR count). The number of hydrogen-bond acceptors (Lipinski definition) is 4. The molecule has 1 amide bonds. The highest BCUT2D eigenvalue weighted by atomic mass is 79.9. The fourth-order valence-electron chi connectivity index (χ4n) is 4.49. The van der Waals surface area contributed by atoms with Gasteiger partial charge < -0.3 is 10.1 Å². The molecule has 2 atom stereocenters. The van der Waals surface area contributed by atoms with Gasteiger partial charge in [0, 0.05) is 20.9 Å². The van der Waals surface area contributed by atoms with Crippen molar-refractivity contribution in [3.63, 3.8) is 0 Å². The van der Waals surface area contributed by atoms with Crippen molar-refractivity contribution in [2.45, 2.75) is 18.2 Å². The minimum absolute atomic E-state index is 0.114. The molecule has 0 fully saturated rings. The largest absolute Gasteiger partial charge is 0.453 e. The van der Waals surface area contributed by atoms with Crippen molar-refractivity contribution in [1.29, 1.82) is 0 Å². The third-order valence-corrected chi connectivity index (χ3v) is 6.82. The minimum Gasteiger partial charge on any atom is -0.453 e. The van der Waals surface area contributed by atoms with Gasteiger partial charge in [-0.05, 0) is 42.0 Å². The molecule has 0 bridgehead atoms. The molecule has 30 heavy (non-hydrogen) atoms. The first kappa shape index (κ1) is 18.2. The van der Waals surface area contributed by atoms with Gasteiger partial charge in [-0.15, -0.1) is 0 Å². The Kier molecular flexibility index (Phi) is 3.89. The Balaban J connectivity index is 1.60. The monoisotopic (exact) mass is 523 g/mol. The van der Waals surface area contributed by atoms with Crippen molar-refractivity contribution in [3.8, 4) is 5.75 Å². The van der Waals surface area contributed by atoms with Crippen LogP contribution in [0.4, 0.5) is 5.69 Å². The summed E-state index contributed by atoms with van der Waals surface area (Å²) in [7, 11) is 0. The lowest BCUT2D eigenvalue weighted by molar-refractivity contribution is -0.161. The molecule has 7 heteroatoms. The van der Waals surface area contributed by atoms with E-state index in [0.29, 0.717) is 12.2 Å². The molecule has 0 aliphatic carbocycles. The number of ether oxygens (including phenoxy) is 1. The zero-order valence-electron chi connectivity index (χ0n) is 15.6. The summed E-state index contributed by atoms with van der Waals surface area (Å²) in [5, 5.41) is 9.79. The van der Waals surface area contributed by atoms with Crippen LogP contribution in [0, 0.1) is 0 Å². The molecule has 3 aliphatic rings. The molecule has 3 aromatic carbocycles. The Hall–Kier alpha value is -2.64. The van der Waals surface area contributed by atoms with Crippen LogP contribution in [0.3, 0.4) is 0 Å². The van der Waals surface area contributed by atoms with E-state index >= 15 is 0 Å². The number of fused-ring (bicyclic) bond motifs is 6. The summed E-state index contributed by atoms with van der Waals surface area (Å²) in [5.74, 6) is 0.471. The van der Waals surface area contributed by atoms with E-state index in [-0.39, 0.29) is 11.9 Å². The summed E-state index contributed by atoms with van der Waals surface area (Å²) >= 11 is 7.11. The molecule has 5 nitrogen and oxygen atoms in total. The highest BCUT2D eigenvalue weighted by Gasteiger charge is 2.61. The van der Waals surface area contributed by atoms with Gasteiger partial charge in [-0.25, -0.2) is 5.01 Å². The van der Waals surface area contributed by atoms with Crippen LogP contribution >= 0.6 is 31.9 Å². The van der Waals surface area contributed by atoms with E-state index in [1.165, 1.54) is 0 Å². The second-order valence-corrected chi connectivity index (χ2v) is 9.38. The van der Waals surface area contributed by atoms with Crippen LogP contribution in [-0.4, -0.2) is 16.6 Å². The van der Waals surface area contributed by atoms with Gasteiger partial charge in [-0.1, -0.05) is 62.2 Å². The van der Waals surface area contributed by atoms with Gasteiger partial charge in [0.2, 0.25) is 0 Å². The van der Waals surface area contributed by atoms with Gasteiger partial charge in [0.1, 0.15) is 5.75 Å². The lowest BCUT2D eigenvalue weighted by Gasteiger charge is -2.44. The van der Waals surface area contributed by atoms with Crippen LogP contribution in [0.1, 0.15) is 29.2 Å². The molecular weight excluding hydrogens is 510 g/mol. The van der Waals surface area contributed by atoms with Crippen LogP contribution in [-0.2, 0) is 10.5 Å². The van der Waals surface area contributed by atoms with Crippen molar-refractivity contribution < 1.29 is 9.53 Å². The number of rotatable bonds is 1. The molecule has 0 aromatic heterocycles. The SMILES string of the molecule is O=C1Nc2ccc(Br)cc2[C@]12Oc1ccc(Br)cc1[C@H]1CC(c3ccccc3)=NN12. The summed E-state index contributed by atoms with van der Waals surface area (Å²) in [6, 6.07) is 21.6. The molecular formula is C23H15Br2N3O2. The maximum atomic E-state index is 13.4. The highest BCUT2D eigenvalue weighted by Crippen LogP contribution is 2.54. The maximum absolute atomic E-state index is 13.4. The number of nitrogens with one attached hydrogen (secondary N) is 1. The van der Waals surface area contributed by atoms with Gasteiger partial charge in [0.05, 0.1) is 23.0 Å². The zero-order valence-corrected chi connectivity index (χ0v) is 18.8. The smallest absolute Gasteiger partial charge is 0.306 e. The number of anilines is 1. The highest BCUT2D eigenvalue weighted by molar-refractivity contribution is 9.10. The molecule has 3 aliphatic heterocycles. The molecule has 0 radical (unpaired) electrons. The molecule has 3 aromatic rings. The first-order chi connectivity index (χ1) is 14.6. The van der Waals surface area contributed by atoms with Crippen LogP contribution in [0.15, 0.2) is 80.8 Å². The fraction of sp³-hybridized carbons (Fsp3) is 0.130. The number of halogens is 2. The predicted molar refractivity (Wildman–Crippen MR) is 121 cm³/mol. The van der Waals surface area contributed by atoms with Crippen LogP contribution in [0.25, 0.3) is 0 Å². The molecule has 148 valence electrons. The zero-order chi connectivity index (χ0) is 20.5. The Morgan fingerprint density at radius 2 is 1.80 bits per heavy atom. The lowest BCUT2D eigenvalue weighted by atomic mass is 9.92. The van der Waals surface area contributed by atoms with Gasteiger partial charge in [-0.2, -0.15) is 5.10 Å². The lowest BCUT2D eigenvalue weighted by Crippen LogP contribution is -2.55. The average molecular weight is 525 g/mol. The standard InChI is InChI=1S/C23H15Br2N3O2/c24-14-7-9-21-16(10-14)20-12-19(13-4-2-1-3-5-13)27-28(20)23(30-21)17-11-15(25)6-8-18(17)26-22(23)29/h1-11,20H,12H2,(H,26,29)/t20-,23+/m1/s1. The summed E-state index contributed by atoms with van der Waals surface area (Å²) in [6.07, 6.45) is 0.690. The van der Waals surface area contributed by atoms with Crippen LogP contribution in [0.5, 0.6) is 5.75 Å². The van der Waals surface area contributed by atoms with Crippen molar-refractivity contribution in [3.05, 3.63) is 92.4 Å². The van der Waals surface area contributed by atoms with E-state index < -0.39 is 5.72 Å². The normalized spacial score (nSPS) is 23.4. The first-order valence-corrected chi connectivity index (χ1v) is 11.2. The fourth-order valence-corrected chi connectivity index (χ4v) is 5.23. The molecule has 1 N–H and O–H groups in total. The number of carbonyl (C=O) groups is 1. The van der Waals surface area contributed by atoms with Crippen molar-refractivity contribution in [1.82, 2.24) is 5.01 Å². The van der Waals surface area contributed by atoms with Gasteiger partial charge in [0.25, 0.3) is 5.91 Å². The second kappa shape index (κ2) is 6.43. The summed E-state index contributed by atoms with van der Waals surface area (Å²) in [6.45, 7) is 0. The third kappa shape index (κ3) is 2.45. The number of carbonyl (C=O) groups excluding carboxylic acids is 1. The minimum atomic E-state index is -1.35. The van der Waals surface area contributed by atoms with Gasteiger partial charge in [-0.3, -0.25) is 4.79 Å². The summed E-state index contributed by atoms with van der Waals surface area (Å²) < 4.78 is 8.34. The number of nitrogens with zero attached hydrogens (tertiary/aromatic N) is 2. The van der Waals surface area contributed by atoms with E-state index in [1.807, 2.05) is 65.7 Å². The molecule has 0 saturated carbocycles. The Bertz CT molecular complexity index is 1240. The average Bonchev–Trinajstić information content (AvgIpc) is 3.31. The Labute approximate surface area is 190 Å². The van der Waals surface area contributed by atoms with E-state index in [9.17, 15) is 4.79 Å². The molecule has 1 spiro atoms. The topological polar surface area (TPSA) is 53.9 Å². The first-order valence-electron chi connectivity index (χ1n) is 9.58. The number of hydrazone groups is 1. The Morgan fingerprint density at radius 1 is 1.03 bits per heavy atom. The molecule has 0 saturated heterocycles. The Morgan fingerprint density at radius 3 is 2.63 bits per heavy atom. The van der Waals surface area contributed by atoms with Crippen molar-refractivity contribution >= 4 is 49.2 Å². The van der Waals surface area contributed by atoms with Gasteiger partial charge >= 0.3 is 5.72 Å². The number of hydrogen-bond donors (Lipinski definition) is 1. The summed E-state index contributed by atoms with van der Waals surface area (Å²) in [5.41, 5.74) is 3.16. The van der Waals surface area contributed by atoms with E-state index in [2.05, 4.69) is 43.2 Å². The predicted octanol–water partition coefficient (Wildman–Crippen LogP) is 5.56. The van der Waals surface area contributed by atoms with E-state index in [4.69, 9.17) is 9.84 Å². The van der Waals surface area contributed by atoms with Crippen molar-refractivity contribution in [2.24, 2.45) is 5.10 Å². The molecule has 0 unspecified atom stereocenters. The van der Waals surface area contributed by atoms with E-state index in [0.717, 1.165) is 37.0 Å². The van der Waals surface area contributed by atoms with Crippen molar-refractivity contribution in [2.75, 3.05) is 5.32 Å². The van der Waals surface area contributed by atoms with E-state index in [1.54, 1.807) is 0 Å². The van der Waals surface area contributed by atoms with Crippen LogP contribution in [0.2, 0.25) is 0 Å². The molecule has 3 heterocycles. The second-order valence-electron chi connectivity index (χ2n) is 7.55. The number of amides is 1. The number of benzene rings is 3. The third-order valence-electron chi connectivity index (χ3n) is 5.83. The maximum Gasteiger partial charge on any atom is 0.306 e. The summed E-state index contributed by atoms with van der Waals surface area (Å²) in [4.78, 5) is 13.4.